The number of carbonyl (C=O) groups is 1. The van der Waals surface area contributed by atoms with Gasteiger partial charge in [0.15, 0.2) is 6.29 Å². The maximum Gasteiger partial charge on any atom is 0.337 e. The highest BCUT2D eigenvalue weighted by molar-refractivity contribution is 6.06. The Hall–Kier alpha value is -2.38. The summed E-state index contributed by atoms with van der Waals surface area (Å²) in [5, 5.41) is 0. The second-order valence-corrected chi connectivity index (χ2v) is 8.85. The summed E-state index contributed by atoms with van der Waals surface area (Å²) in [5.74, 6) is 0.938. The average Bonchev–Trinajstić information content (AvgIpc) is 3.11. The van der Waals surface area contributed by atoms with Crippen molar-refractivity contribution in [2.45, 2.75) is 51.0 Å². The van der Waals surface area contributed by atoms with Crippen LogP contribution in [0.2, 0.25) is 0 Å². The van der Waals surface area contributed by atoms with Crippen LogP contribution in [0.4, 0.5) is 5.69 Å². The minimum absolute atomic E-state index is 0.0388. The molecule has 0 aromatic heterocycles. The molecule has 7 nitrogen and oxygen atoms in total. The van der Waals surface area contributed by atoms with Crippen LogP contribution in [0.3, 0.4) is 0 Å². The number of ether oxygens (including phenoxy) is 4. The van der Waals surface area contributed by atoms with E-state index in [-0.39, 0.29) is 24.2 Å². The lowest BCUT2D eigenvalue weighted by atomic mass is 9.70. The predicted molar refractivity (Wildman–Crippen MR) is 115 cm³/mol. The standard InChI is InChI=1S/C24H30N2O5/c1-5-15-12-26-10-9-24-21-18(7-6-8-20(21)30-14(2)31-24)25-22(24)19(26)11-16(15)17(13-28-3)23(27)29-4/h6-8,13-16,19H,5,9-12H2,1-4H3/b17-13+/t14?,15-,16+,19+,24+/m1/s1. The molecule has 1 unspecified atom stereocenters. The van der Waals surface area contributed by atoms with Gasteiger partial charge in [-0.05, 0) is 43.7 Å². The highest BCUT2D eigenvalue weighted by Gasteiger charge is 2.58. The quantitative estimate of drug-likeness (QED) is 0.417. The summed E-state index contributed by atoms with van der Waals surface area (Å²) in [4.78, 5) is 20.2. The minimum Gasteiger partial charge on any atom is -0.504 e. The van der Waals surface area contributed by atoms with Crippen LogP contribution in [0.15, 0.2) is 35.0 Å². The molecule has 2 fully saturated rings. The first kappa shape index (κ1) is 20.5. The van der Waals surface area contributed by atoms with Crippen molar-refractivity contribution in [1.82, 2.24) is 4.90 Å². The molecule has 4 heterocycles. The van der Waals surface area contributed by atoms with E-state index in [9.17, 15) is 4.79 Å². The van der Waals surface area contributed by atoms with E-state index in [1.807, 2.05) is 25.1 Å². The first-order valence-corrected chi connectivity index (χ1v) is 11.1. The zero-order valence-corrected chi connectivity index (χ0v) is 18.6. The molecule has 0 N–H and O–H groups in total. The minimum atomic E-state index is -0.537. The van der Waals surface area contributed by atoms with E-state index in [0.29, 0.717) is 11.5 Å². The van der Waals surface area contributed by atoms with Crippen LogP contribution in [0.25, 0.3) is 0 Å². The number of fused-ring (bicyclic) bond motifs is 2. The van der Waals surface area contributed by atoms with Gasteiger partial charge >= 0.3 is 5.97 Å². The topological polar surface area (TPSA) is 69.6 Å². The molecule has 1 aromatic carbocycles. The van der Waals surface area contributed by atoms with Gasteiger partial charge < -0.3 is 18.9 Å². The zero-order chi connectivity index (χ0) is 21.8. The second kappa shape index (κ2) is 7.64. The maximum atomic E-state index is 12.6. The Bertz CT molecular complexity index is 957. The van der Waals surface area contributed by atoms with Gasteiger partial charge in [0.05, 0.1) is 49.1 Å². The molecule has 7 heteroatoms. The SMILES string of the molecule is CC[C@@H]1CN2CC[C@]34OC(C)Oc5cccc(c53)N=C4[C@@H]2C[C@@H]1/C(=C\OC)C(=O)OC. The lowest BCUT2D eigenvalue weighted by Crippen LogP contribution is -2.62. The average molecular weight is 427 g/mol. The molecule has 5 rings (SSSR count). The van der Waals surface area contributed by atoms with Gasteiger partial charge in [0, 0.05) is 13.1 Å². The summed E-state index contributed by atoms with van der Waals surface area (Å²) in [6.07, 6.45) is 3.85. The lowest BCUT2D eigenvalue weighted by molar-refractivity contribution is -0.168. The summed E-state index contributed by atoms with van der Waals surface area (Å²) < 4.78 is 22.9. The van der Waals surface area contributed by atoms with E-state index in [0.717, 1.165) is 55.1 Å². The third-order valence-electron chi connectivity index (χ3n) is 7.34. The fraction of sp³-hybridized carbons (Fsp3) is 0.583. The fourth-order valence-corrected chi connectivity index (χ4v) is 6.02. The summed E-state index contributed by atoms with van der Waals surface area (Å²) in [6, 6.07) is 6.14. The summed E-state index contributed by atoms with van der Waals surface area (Å²) in [6.45, 7) is 5.97. The van der Waals surface area contributed by atoms with Crippen LogP contribution >= 0.6 is 0 Å². The van der Waals surface area contributed by atoms with Gasteiger partial charge in [0.25, 0.3) is 0 Å². The summed E-state index contributed by atoms with van der Waals surface area (Å²) >= 11 is 0. The third kappa shape index (κ3) is 3.01. The van der Waals surface area contributed by atoms with E-state index in [1.54, 1.807) is 13.4 Å². The molecule has 0 bridgehead atoms. The van der Waals surface area contributed by atoms with Gasteiger partial charge in [-0.2, -0.15) is 0 Å². The second-order valence-electron chi connectivity index (χ2n) is 8.85. The Kier molecular flexibility index (Phi) is 5.06. The highest BCUT2D eigenvalue weighted by atomic mass is 16.7. The number of piperidine rings is 2. The molecule has 1 aromatic rings. The molecule has 0 saturated carbocycles. The first-order chi connectivity index (χ1) is 15.0. The number of nitrogens with zero attached hydrogens (tertiary/aromatic N) is 2. The molecular formula is C24H30N2O5. The number of benzene rings is 1. The van der Waals surface area contributed by atoms with Crippen molar-refractivity contribution in [3.8, 4) is 5.75 Å². The third-order valence-corrected chi connectivity index (χ3v) is 7.34. The maximum absolute atomic E-state index is 12.6. The van der Waals surface area contributed by atoms with Crippen LogP contribution in [-0.4, -0.2) is 56.2 Å². The largest absolute Gasteiger partial charge is 0.504 e. The van der Waals surface area contributed by atoms with Crippen molar-refractivity contribution in [2.24, 2.45) is 16.8 Å². The molecule has 31 heavy (non-hydrogen) atoms. The molecular weight excluding hydrogens is 396 g/mol. The molecule has 0 amide bonds. The Balaban J connectivity index is 1.55. The lowest BCUT2D eigenvalue weighted by Gasteiger charge is -2.52. The number of carbonyl (C=O) groups excluding carboxylic acids is 1. The van der Waals surface area contributed by atoms with Gasteiger partial charge in [-0.25, -0.2) is 4.79 Å². The van der Waals surface area contributed by atoms with E-state index < -0.39 is 5.60 Å². The van der Waals surface area contributed by atoms with E-state index in [2.05, 4.69) is 11.8 Å². The van der Waals surface area contributed by atoms with E-state index in [1.165, 1.54) is 7.11 Å². The molecule has 0 aliphatic carbocycles. The number of hydrogen-bond donors (Lipinski definition) is 0. The zero-order valence-electron chi connectivity index (χ0n) is 18.6. The van der Waals surface area contributed by atoms with Crippen LogP contribution < -0.4 is 4.74 Å². The summed E-state index contributed by atoms with van der Waals surface area (Å²) in [7, 11) is 3.00. The molecule has 4 aliphatic rings. The van der Waals surface area contributed by atoms with Crippen molar-refractivity contribution in [3.63, 3.8) is 0 Å². The summed E-state index contributed by atoms with van der Waals surface area (Å²) in [5.41, 5.74) is 3.13. The Morgan fingerprint density at radius 3 is 2.97 bits per heavy atom. The number of rotatable bonds is 4. The molecule has 0 radical (unpaired) electrons. The van der Waals surface area contributed by atoms with Crippen molar-refractivity contribution in [2.75, 3.05) is 27.3 Å². The first-order valence-electron chi connectivity index (χ1n) is 11.1. The van der Waals surface area contributed by atoms with Gasteiger partial charge in [-0.3, -0.25) is 9.89 Å². The van der Waals surface area contributed by atoms with Crippen molar-refractivity contribution < 1.29 is 23.7 Å². The molecule has 4 aliphatic heterocycles. The van der Waals surface area contributed by atoms with Gasteiger partial charge in [-0.15, -0.1) is 0 Å². The highest BCUT2D eigenvalue weighted by Crippen LogP contribution is 2.55. The monoisotopic (exact) mass is 426 g/mol. The number of aliphatic imine (C=N–C) groups is 1. The van der Waals surface area contributed by atoms with Crippen molar-refractivity contribution >= 4 is 17.4 Å². The Labute approximate surface area is 183 Å². The van der Waals surface area contributed by atoms with Gasteiger partial charge in [-0.1, -0.05) is 19.4 Å². The molecule has 1 spiro atoms. The van der Waals surface area contributed by atoms with Crippen LogP contribution in [0.5, 0.6) is 5.75 Å². The van der Waals surface area contributed by atoms with Crippen LogP contribution in [0, 0.1) is 11.8 Å². The Morgan fingerprint density at radius 1 is 1.39 bits per heavy atom. The molecule has 166 valence electrons. The van der Waals surface area contributed by atoms with Gasteiger partial charge in [0.2, 0.25) is 0 Å². The molecule has 2 saturated heterocycles. The van der Waals surface area contributed by atoms with E-state index >= 15 is 0 Å². The predicted octanol–water partition coefficient (Wildman–Crippen LogP) is 3.55. The van der Waals surface area contributed by atoms with Crippen molar-refractivity contribution in [3.05, 3.63) is 35.6 Å². The van der Waals surface area contributed by atoms with Crippen molar-refractivity contribution in [1.29, 1.82) is 0 Å². The number of methoxy groups -OCH3 is 2. The van der Waals surface area contributed by atoms with Crippen LogP contribution in [0.1, 0.15) is 38.7 Å². The smallest absolute Gasteiger partial charge is 0.337 e. The fourth-order valence-electron chi connectivity index (χ4n) is 6.02. The molecule has 5 atom stereocenters. The normalized spacial score (nSPS) is 34.1. The number of hydrogen-bond acceptors (Lipinski definition) is 7. The van der Waals surface area contributed by atoms with E-state index in [4.69, 9.17) is 23.9 Å². The Morgan fingerprint density at radius 2 is 2.23 bits per heavy atom. The van der Waals surface area contributed by atoms with Crippen LogP contribution in [-0.2, 0) is 24.6 Å². The van der Waals surface area contributed by atoms with Gasteiger partial charge in [0.1, 0.15) is 11.4 Å². The number of esters is 1.